The fourth-order valence-electron chi connectivity index (χ4n) is 6.81. The minimum absolute atomic E-state index is 0.255. The molecule has 2 aliphatic heterocycles. The summed E-state index contributed by atoms with van der Waals surface area (Å²) < 4.78 is 0. The van der Waals surface area contributed by atoms with Gasteiger partial charge in [-0.15, -0.1) is 0 Å². The lowest BCUT2D eigenvalue weighted by molar-refractivity contribution is 0.0666. The van der Waals surface area contributed by atoms with Crippen molar-refractivity contribution in [3.8, 4) is 0 Å². The van der Waals surface area contributed by atoms with Crippen LogP contribution in [0.5, 0.6) is 0 Å². The quantitative estimate of drug-likeness (QED) is 0.198. The first kappa shape index (κ1) is 24.1. The number of benzene rings is 4. The van der Waals surface area contributed by atoms with E-state index in [1.807, 2.05) is 47.4 Å². The standard InChI is InChI=1S/C33H21Cl2NO3/c34-21-10-7-9-20(18-21)28-29(30(37)24-13-4-5-14-25(24)35)36-26-15-6-1-8-19(26)16-17-27(36)33(28)31(38)22-11-2-3-12-23(22)32(33)39/h1-18,27-29H/t27?,28-,29+/m0/s1. The first-order chi connectivity index (χ1) is 18.9. The summed E-state index contributed by atoms with van der Waals surface area (Å²) in [5, 5.41) is 0.779. The molecule has 1 fully saturated rings. The number of halogens is 2. The van der Waals surface area contributed by atoms with Crippen LogP contribution in [-0.2, 0) is 0 Å². The molecule has 39 heavy (non-hydrogen) atoms. The maximum Gasteiger partial charge on any atom is 0.187 e. The molecule has 3 atom stereocenters. The van der Waals surface area contributed by atoms with Gasteiger partial charge >= 0.3 is 0 Å². The van der Waals surface area contributed by atoms with Crippen molar-refractivity contribution in [3.05, 3.63) is 141 Å². The number of rotatable bonds is 3. The molecule has 4 aromatic rings. The maximum atomic E-state index is 14.6. The zero-order chi connectivity index (χ0) is 26.9. The van der Waals surface area contributed by atoms with E-state index in [9.17, 15) is 14.4 Å². The predicted molar refractivity (Wildman–Crippen MR) is 153 cm³/mol. The van der Waals surface area contributed by atoms with E-state index >= 15 is 0 Å². The summed E-state index contributed by atoms with van der Waals surface area (Å²) in [7, 11) is 0. The van der Waals surface area contributed by atoms with E-state index in [2.05, 4.69) is 0 Å². The van der Waals surface area contributed by atoms with Crippen molar-refractivity contribution in [1.82, 2.24) is 0 Å². The Balaban J connectivity index is 1.57. The van der Waals surface area contributed by atoms with Gasteiger partial charge in [-0.3, -0.25) is 14.4 Å². The lowest BCUT2D eigenvalue weighted by Gasteiger charge is -2.37. The number of nitrogens with zero attached hydrogens (tertiary/aromatic N) is 1. The Hall–Kier alpha value is -3.99. The molecule has 0 aromatic heterocycles. The second-order valence-electron chi connectivity index (χ2n) is 10.2. The zero-order valence-corrected chi connectivity index (χ0v) is 22.1. The van der Waals surface area contributed by atoms with Crippen LogP contribution in [0.1, 0.15) is 48.1 Å². The van der Waals surface area contributed by atoms with Gasteiger partial charge in [0.2, 0.25) is 0 Å². The number of para-hydroxylation sites is 1. The van der Waals surface area contributed by atoms with Gasteiger partial charge in [0, 0.05) is 33.3 Å². The highest BCUT2D eigenvalue weighted by atomic mass is 35.5. The second-order valence-corrected chi connectivity index (χ2v) is 11.0. The molecular formula is C33H21Cl2NO3. The summed E-state index contributed by atoms with van der Waals surface area (Å²) in [6, 6.07) is 27.1. The van der Waals surface area contributed by atoms with Gasteiger partial charge in [0.05, 0.1) is 11.1 Å². The van der Waals surface area contributed by atoms with Gasteiger partial charge in [-0.25, -0.2) is 0 Å². The van der Waals surface area contributed by atoms with Gasteiger partial charge in [0.25, 0.3) is 0 Å². The van der Waals surface area contributed by atoms with Crippen molar-refractivity contribution >= 4 is 52.3 Å². The predicted octanol–water partition coefficient (Wildman–Crippen LogP) is 7.31. The average Bonchev–Trinajstić information content (AvgIpc) is 3.39. The minimum Gasteiger partial charge on any atom is -0.352 e. The maximum absolute atomic E-state index is 14.6. The normalized spacial score (nSPS) is 22.1. The summed E-state index contributed by atoms with van der Waals surface area (Å²) in [4.78, 5) is 45.8. The number of ketones is 3. The number of carbonyl (C=O) groups excluding carboxylic acids is 3. The number of Topliss-reactive ketones (excluding diaryl/α,β-unsaturated/α-hetero) is 3. The molecule has 0 N–H and O–H groups in total. The van der Waals surface area contributed by atoms with E-state index in [0.29, 0.717) is 32.3 Å². The number of carbonyl (C=O) groups is 3. The minimum atomic E-state index is -1.57. The summed E-state index contributed by atoms with van der Waals surface area (Å²) >= 11 is 13.0. The van der Waals surface area contributed by atoms with E-state index < -0.39 is 23.4 Å². The highest BCUT2D eigenvalue weighted by Gasteiger charge is 2.71. The number of hydrogen-bond acceptors (Lipinski definition) is 4. The van der Waals surface area contributed by atoms with Crippen molar-refractivity contribution in [3.63, 3.8) is 0 Å². The van der Waals surface area contributed by atoms with Crippen LogP contribution in [0.4, 0.5) is 5.69 Å². The molecule has 0 amide bonds. The number of anilines is 1. The van der Waals surface area contributed by atoms with Crippen LogP contribution in [0.3, 0.4) is 0 Å². The van der Waals surface area contributed by atoms with Crippen LogP contribution in [0.25, 0.3) is 6.08 Å². The molecule has 0 radical (unpaired) electrons. The Kier molecular flexibility index (Phi) is 5.41. The van der Waals surface area contributed by atoms with Crippen LogP contribution in [-0.4, -0.2) is 29.4 Å². The lowest BCUT2D eigenvalue weighted by atomic mass is 9.64. The Labute approximate surface area is 235 Å². The molecule has 6 heteroatoms. The van der Waals surface area contributed by atoms with Crippen molar-refractivity contribution in [2.45, 2.75) is 18.0 Å². The van der Waals surface area contributed by atoms with Crippen molar-refractivity contribution in [2.24, 2.45) is 5.41 Å². The van der Waals surface area contributed by atoms with Crippen molar-refractivity contribution in [2.75, 3.05) is 4.90 Å². The highest BCUT2D eigenvalue weighted by Crippen LogP contribution is 2.61. The second kappa shape index (κ2) is 8.77. The third-order valence-electron chi connectivity index (χ3n) is 8.33. The molecular weight excluding hydrogens is 529 g/mol. The molecule has 4 nitrogen and oxygen atoms in total. The van der Waals surface area contributed by atoms with Crippen LogP contribution in [0.2, 0.25) is 10.0 Å². The first-order valence-electron chi connectivity index (χ1n) is 12.7. The largest absolute Gasteiger partial charge is 0.352 e. The molecule has 190 valence electrons. The fraction of sp³-hybridized carbons (Fsp3) is 0.121. The van der Waals surface area contributed by atoms with E-state index in [1.54, 1.807) is 66.7 Å². The van der Waals surface area contributed by atoms with Crippen molar-refractivity contribution in [1.29, 1.82) is 0 Å². The number of hydrogen-bond donors (Lipinski definition) is 0. The van der Waals surface area contributed by atoms with E-state index in [1.165, 1.54) is 0 Å². The molecule has 1 unspecified atom stereocenters. The summed E-state index contributed by atoms with van der Waals surface area (Å²) in [5.41, 5.74) is 1.89. The van der Waals surface area contributed by atoms with Crippen LogP contribution >= 0.6 is 23.2 Å². The van der Waals surface area contributed by atoms with E-state index in [-0.39, 0.29) is 17.3 Å². The third-order valence-corrected chi connectivity index (χ3v) is 8.89. The zero-order valence-electron chi connectivity index (χ0n) is 20.6. The fourth-order valence-corrected chi connectivity index (χ4v) is 7.24. The van der Waals surface area contributed by atoms with Crippen LogP contribution < -0.4 is 4.90 Å². The summed E-state index contributed by atoms with van der Waals surface area (Å²) in [6.45, 7) is 0. The molecule has 1 saturated heterocycles. The third kappa shape index (κ3) is 3.22. The van der Waals surface area contributed by atoms with Crippen molar-refractivity contribution < 1.29 is 14.4 Å². The Bertz CT molecular complexity index is 1710. The number of fused-ring (bicyclic) bond motifs is 5. The highest BCUT2D eigenvalue weighted by molar-refractivity contribution is 6.35. The molecule has 7 rings (SSSR count). The monoisotopic (exact) mass is 549 g/mol. The molecule has 2 heterocycles. The molecule has 3 aliphatic rings. The SMILES string of the molecule is O=C(c1ccccc1Cl)[C@H]1[C@H](c2cccc(Cl)c2)C2(C(=O)c3ccccc3C2=O)C2C=Cc3ccccc3N21. The topological polar surface area (TPSA) is 54.5 Å². The lowest BCUT2D eigenvalue weighted by Crippen LogP contribution is -2.48. The summed E-state index contributed by atoms with van der Waals surface area (Å²) in [6.07, 6.45) is 3.85. The summed E-state index contributed by atoms with van der Waals surface area (Å²) in [5.74, 6) is -1.63. The van der Waals surface area contributed by atoms with Crippen LogP contribution in [0, 0.1) is 5.41 Å². The van der Waals surface area contributed by atoms with Gasteiger partial charge in [-0.1, -0.05) is 102 Å². The first-order valence-corrected chi connectivity index (χ1v) is 13.5. The van der Waals surface area contributed by atoms with Gasteiger partial charge < -0.3 is 4.90 Å². The Morgan fingerprint density at radius 1 is 0.769 bits per heavy atom. The molecule has 0 bridgehead atoms. The smallest absolute Gasteiger partial charge is 0.187 e. The van der Waals surface area contributed by atoms with Gasteiger partial charge in [-0.2, -0.15) is 0 Å². The molecule has 1 spiro atoms. The Morgan fingerprint density at radius 3 is 2.15 bits per heavy atom. The average molecular weight is 550 g/mol. The van der Waals surface area contributed by atoms with Gasteiger partial charge in [0.15, 0.2) is 17.3 Å². The van der Waals surface area contributed by atoms with Gasteiger partial charge in [-0.05, 0) is 41.5 Å². The van der Waals surface area contributed by atoms with Gasteiger partial charge in [0.1, 0.15) is 11.5 Å². The molecule has 0 saturated carbocycles. The molecule has 1 aliphatic carbocycles. The molecule has 4 aromatic carbocycles. The van der Waals surface area contributed by atoms with E-state index in [4.69, 9.17) is 23.2 Å². The van der Waals surface area contributed by atoms with Crippen LogP contribution in [0.15, 0.2) is 103 Å². The van der Waals surface area contributed by atoms with E-state index in [0.717, 1.165) is 11.3 Å². The Morgan fingerprint density at radius 2 is 1.44 bits per heavy atom.